The maximum Gasteiger partial charge on any atom is 0.269 e. The predicted octanol–water partition coefficient (Wildman–Crippen LogP) is -0.273. The number of nitrogens with zero attached hydrogens (tertiary/aromatic N) is 1. The summed E-state index contributed by atoms with van der Waals surface area (Å²) in [5, 5.41) is 5.33. The summed E-state index contributed by atoms with van der Waals surface area (Å²) in [4.78, 5) is 26.0. The largest absolute Gasteiger partial charge is 0.374 e. The van der Waals surface area contributed by atoms with Crippen molar-refractivity contribution in [2.24, 2.45) is 5.73 Å². The molecule has 1 unspecified atom stereocenters. The molecule has 1 aromatic heterocycles. The van der Waals surface area contributed by atoms with Crippen molar-refractivity contribution in [2.75, 3.05) is 12.4 Å². The summed E-state index contributed by atoms with van der Waals surface area (Å²) in [6.45, 7) is 1.64. The summed E-state index contributed by atoms with van der Waals surface area (Å²) in [5.74, 6) is -0.742. The molecule has 0 aliphatic rings. The van der Waals surface area contributed by atoms with Gasteiger partial charge in [0.1, 0.15) is 11.7 Å². The smallest absolute Gasteiger partial charge is 0.269 e. The summed E-state index contributed by atoms with van der Waals surface area (Å²) >= 11 is 0. The molecule has 1 atom stereocenters. The van der Waals surface area contributed by atoms with E-state index in [0.717, 1.165) is 0 Å². The lowest BCUT2D eigenvalue weighted by atomic mass is 10.2. The number of hydrogen-bond acceptors (Lipinski definition) is 4. The number of nitrogens with one attached hydrogen (secondary N) is 2. The van der Waals surface area contributed by atoms with Gasteiger partial charge in [0, 0.05) is 18.9 Å². The van der Waals surface area contributed by atoms with Gasteiger partial charge in [-0.2, -0.15) is 0 Å². The van der Waals surface area contributed by atoms with Gasteiger partial charge in [-0.15, -0.1) is 0 Å². The zero-order valence-electron chi connectivity index (χ0n) is 9.15. The van der Waals surface area contributed by atoms with E-state index >= 15 is 0 Å². The molecule has 2 amide bonds. The van der Waals surface area contributed by atoms with Crippen LogP contribution in [-0.2, 0) is 4.79 Å². The number of nitrogens with two attached hydrogens (primary N) is 1. The van der Waals surface area contributed by atoms with Crippen LogP contribution in [-0.4, -0.2) is 29.9 Å². The second-order valence-electron chi connectivity index (χ2n) is 3.28. The summed E-state index contributed by atoms with van der Waals surface area (Å²) in [6, 6.07) is 2.71. The zero-order valence-corrected chi connectivity index (χ0v) is 9.15. The standard InChI is InChI=1S/C10H14N4O2/c1-6(9(11)15)14-7-3-4-13-8(5-7)10(16)12-2/h3-6H,1-2H3,(H2,11,15)(H,12,16)(H,13,14). The second-order valence-corrected chi connectivity index (χ2v) is 3.28. The fourth-order valence-electron chi connectivity index (χ4n) is 1.09. The Hall–Kier alpha value is -2.11. The molecule has 1 rings (SSSR count). The fourth-order valence-corrected chi connectivity index (χ4v) is 1.09. The minimum absolute atomic E-state index is 0.282. The van der Waals surface area contributed by atoms with Gasteiger partial charge in [-0.25, -0.2) is 0 Å². The van der Waals surface area contributed by atoms with Gasteiger partial charge in [-0.3, -0.25) is 14.6 Å². The molecule has 0 aliphatic carbocycles. The first-order valence-electron chi connectivity index (χ1n) is 4.78. The van der Waals surface area contributed by atoms with Gasteiger partial charge in [0.05, 0.1) is 0 Å². The SMILES string of the molecule is CNC(=O)c1cc(NC(C)C(N)=O)ccn1. The molecule has 0 saturated carbocycles. The van der Waals surface area contributed by atoms with Crippen molar-refractivity contribution in [1.29, 1.82) is 0 Å². The number of carbonyl (C=O) groups excluding carboxylic acids is 2. The highest BCUT2D eigenvalue weighted by molar-refractivity contribution is 5.93. The van der Waals surface area contributed by atoms with Crippen LogP contribution in [0.2, 0.25) is 0 Å². The maximum atomic E-state index is 11.3. The van der Waals surface area contributed by atoms with Gasteiger partial charge in [0.25, 0.3) is 5.91 Å². The van der Waals surface area contributed by atoms with Gasteiger partial charge < -0.3 is 16.4 Å². The van der Waals surface area contributed by atoms with Crippen molar-refractivity contribution in [1.82, 2.24) is 10.3 Å². The lowest BCUT2D eigenvalue weighted by molar-refractivity contribution is -0.118. The van der Waals surface area contributed by atoms with Crippen molar-refractivity contribution in [3.8, 4) is 0 Å². The summed E-state index contributed by atoms with van der Waals surface area (Å²) in [5.41, 5.74) is 6.02. The first-order chi connectivity index (χ1) is 7.54. The third kappa shape index (κ3) is 2.94. The average molecular weight is 222 g/mol. The summed E-state index contributed by atoms with van der Waals surface area (Å²) in [6.07, 6.45) is 1.49. The number of rotatable bonds is 4. The molecule has 0 radical (unpaired) electrons. The monoisotopic (exact) mass is 222 g/mol. The molecule has 4 N–H and O–H groups in total. The Morgan fingerprint density at radius 1 is 1.50 bits per heavy atom. The van der Waals surface area contributed by atoms with Crippen LogP contribution in [0.25, 0.3) is 0 Å². The van der Waals surface area contributed by atoms with E-state index in [-0.39, 0.29) is 11.6 Å². The lowest BCUT2D eigenvalue weighted by Gasteiger charge is -2.11. The molecule has 0 fully saturated rings. The van der Waals surface area contributed by atoms with Gasteiger partial charge in [0.15, 0.2) is 0 Å². The molecule has 16 heavy (non-hydrogen) atoms. The van der Waals surface area contributed by atoms with Crippen molar-refractivity contribution in [3.63, 3.8) is 0 Å². The molecule has 86 valence electrons. The summed E-state index contributed by atoms with van der Waals surface area (Å²) in [7, 11) is 1.52. The Kier molecular flexibility index (Phi) is 3.82. The highest BCUT2D eigenvalue weighted by Gasteiger charge is 2.10. The van der Waals surface area contributed by atoms with Crippen molar-refractivity contribution < 1.29 is 9.59 Å². The second kappa shape index (κ2) is 5.11. The van der Waals surface area contributed by atoms with E-state index in [1.54, 1.807) is 19.1 Å². The number of amides is 2. The molecule has 1 heterocycles. The minimum Gasteiger partial charge on any atom is -0.374 e. The Bertz CT molecular complexity index is 406. The van der Waals surface area contributed by atoms with Crippen LogP contribution in [0.15, 0.2) is 18.3 Å². The van der Waals surface area contributed by atoms with Gasteiger partial charge in [-0.1, -0.05) is 0 Å². The van der Waals surface area contributed by atoms with E-state index in [0.29, 0.717) is 5.69 Å². The molecule has 0 bridgehead atoms. The Balaban J connectivity index is 2.82. The van der Waals surface area contributed by atoms with Crippen molar-refractivity contribution in [2.45, 2.75) is 13.0 Å². The van der Waals surface area contributed by atoms with Crippen molar-refractivity contribution in [3.05, 3.63) is 24.0 Å². The van der Waals surface area contributed by atoms with Crippen LogP contribution in [0.5, 0.6) is 0 Å². The molecule has 0 saturated heterocycles. The van der Waals surface area contributed by atoms with E-state index in [4.69, 9.17) is 5.73 Å². The van der Waals surface area contributed by atoms with Gasteiger partial charge >= 0.3 is 0 Å². The normalized spacial score (nSPS) is 11.6. The number of primary amides is 1. The molecule has 0 aliphatic heterocycles. The molecule has 0 spiro atoms. The molecule has 0 aromatic carbocycles. The third-order valence-electron chi connectivity index (χ3n) is 2.03. The van der Waals surface area contributed by atoms with Crippen LogP contribution in [0.4, 0.5) is 5.69 Å². The molecule has 6 nitrogen and oxygen atoms in total. The highest BCUT2D eigenvalue weighted by atomic mass is 16.2. The topological polar surface area (TPSA) is 97.1 Å². The van der Waals surface area contributed by atoms with Gasteiger partial charge in [-0.05, 0) is 19.1 Å². The van der Waals surface area contributed by atoms with Crippen LogP contribution in [0.3, 0.4) is 0 Å². The number of hydrogen-bond donors (Lipinski definition) is 3. The number of pyridine rings is 1. The summed E-state index contributed by atoms with van der Waals surface area (Å²) < 4.78 is 0. The Morgan fingerprint density at radius 3 is 2.75 bits per heavy atom. The highest BCUT2D eigenvalue weighted by Crippen LogP contribution is 2.09. The Labute approximate surface area is 93.2 Å². The molecule has 6 heteroatoms. The first-order valence-corrected chi connectivity index (χ1v) is 4.78. The van der Waals surface area contributed by atoms with Crippen LogP contribution >= 0.6 is 0 Å². The maximum absolute atomic E-state index is 11.3. The fraction of sp³-hybridized carbons (Fsp3) is 0.300. The lowest BCUT2D eigenvalue weighted by Crippen LogP contribution is -2.32. The number of anilines is 1. The molecular weight excluding hydrogens is 208 g/mol. The van der Waals surface area contributed by atoms with Crippen LogP contribution in [0.1, 0.15) is 17.4 Å². The minimum atomic E-state index is -0.500. The molecular formula is C10H14N4O2. The molecule has 1 aromatic rings. The van der Waals surface area contributed by atoms with Crippen molar-refractivity contribution >= 4 is 17.5 Å². The number of aromatic nitrogens is 1. The van der Waals surface area contributed by atoms with Crippen LogP contribution < -0.4 is 16.4 Å². The van der Waals surface area contributed by atoms with Crippen LogP contribution in [0, 0.1) is 0 Å². The van der Waals surface area contributed by atoms with E-state index in [1.165, 1.54) is 13.2 Å². The van der Waals surface area contributed by atoms with E-state index < -0.39 is 11.9 Å². The van der Waals surface area contributed by atoms with E-state index in [2.05, 4.69) is 15.6 Å². The quantitative estimate of drug-likeness (QED) is 0.653. The van der Waals surface area contributed by atoms with E-state index in [1.807, 2.05) is 0 Å². The number of carbonyl (C=O) groups is 2. The van der Waals surface area contributed by atoms with Gasteiger partial charge in [0.2, 0.25) is 5.91 Å². The first kappa shape index (κ1) is 12.0. The Morgan fingerprint density at radius 2 is 2.19 bits per heavy atom. The predicted molar refractivity (Wildman–Crippen MR) is 59.9 cm³/mol. The third-order valence-corrected chi connectivity index (χ3v) is 2.03. The average Bonchev–Trinajstić information content (AvgIpc) is 2.28. The zero-order chi connectivity index (χ0) is 12.1. The van der Waals surface area contributed by atoms with E-state index in [9.17, 15) is 9.59 Å².